The zero-order valence-corrected chi connectivity index (χ0v) is 15.7. The summed E-state index contributed by atoms with van der Waals surface area (Å²) in [5, 5.41) is 9.22. The molecule has 0 unspecified atom stereocenters. The number of amides is 2. The minimum Gasteiger partial charge on any atom is -0.463 e. The van der Waals surface area contributed by atoms with Gasteiger partial charge in [-0.05, 0) is 26.3 Å². The fourth-order valence-corrected chi connectivity index (χ4v) is 2.77. The van der Waals surface area contributed by atoms with Crippen LogP contribution in [-0.4, -0.2) is 56.8 Å². The Hall–Kier alpha value is -3.50. The molecule has 148 valence electrons. The predicted molar refractivity (Wildman–Crippen MR) is 95.2 cm³/mol. The van der Waals surface area contributed by atoms with Gasteiger partial charge in [0.2, 0.25) is 0 Å². The Morgan fingerprint density at radius 1 is 1.25 bits per heavy atom. The number of aromatic nitrogens is 4. The zero-order chi connectivity index (χ0) is 20.3. The smallest absolute Gasteiger partial charge is 0.378 e. The van der Waals surface area contributed by atoms with Gasteiger partial charge >= 0.3 is 18.0 Å². The van der Waals surface area contributed by atoms with Gasteiger partial charge in [0, 0.05) is 11.9 Å². The van der Waals surface area contributed by atoms with Crippen molar-refractivity contribution in [1.29, 1.82) is 0 Å². The molecule has 1 atom stereocenters. The van der Waals surface area contributed by atoms with Crippen LogP contribution in [0.4, 0.5) is 4.79 Å². The first kappa shape index (κ1) is 19.3. The molecule has 0 saturated carbocycles. The van der Waals surface area contributed by atoms with Crippen LogP contribution in [0.1, 0.15) is 36.6 Å². The van der Waals surface area contributed by atoms with E-state index in [1.807, 2.05) is 6.92 Å². The average molecular weight is 388 g/mol. The number of ether oxygens (including phenoxy) is 2. The highest BCUT2D eigenvalue weighted by Gasteiger charge is 2.32. The van der Waals surface area contributed by atoms with Gasteiger partial charge in [0.05, 0.1) is 23.9 Å². The molecule has 3 rings (SSSR count). The highest BCUT2D eigenvalue weighted by molar-refractivity contribution is 5.95. The molecule has 2 N–H and O–H groups in total. The lowest BCUT2D eigenvalue weighted by atomic mass is 10.0. The molecular weight excluding hydrogens is 368 g/mol. The number of rotatable bonds is 6. The van der Waals surface area contributed by atoms with E-state index in [0.29, 0.717) is 6.42 Å². The highest BCUT2D eigenvalue weighted by atomic mass is 16.5. The third-order valence-electron chi connectivity index (χ3n) is 4.11. The minimum atomic E-state index is -0.804. The summed E-state index contributed by atoms with van der Waals surface area (Å²) < 4.78 is 11.7. The number of nitrogens with zero attached hydrogens (tertiary/aromatic N) is 4. The molecule has 0 aromatic carbocycles. The minimum absolute atomic E-state index is 0.167. The van der Waals surface area contributed by atoms with Gasteiger partial charge in [-0.2, -0.15) is 4.98 Å². The van der Waals surface area contributed by atoms with Crippen molar-refractivity contribution in [2.24, 2.45) is 0 Å². The van der Waals surface area contributed by atoms with Gasteiger partial charge in [0.1, 0.15) is 6.61 Å². The second-order valence-electron chi connectivity index (χ2n) is 5.98. The van der Waals surface area contributed by atoms with Gasteiger partial charge in [0.15, 0.2) is 0 Å². The molecule has 0 aliphatic carbocycles. The van der Waals surface area contributed by atoms with Gasteiger partial charge < -0.3 is 20.1 Å². The Bertz CT molecular complexity index is 966. The predicted octanol–water partition coefficient (Wildman–Crippen LogP) is 0.498. The maximum absolute atomic E-state index is 12.3. The van der Waals surface area contributed by atoms with Crippen LogP contribution in [0.25, 0.3) is 5.78 Å². The van der Waals surface area contributed by atoms with Crippen molar-refractivity contribution < 1.29 is 23.9 Å². The van der Waals surface area contributed by atoms with Crippen molar-refractivity contribution in [2.75, 3.05) is 13.2 Å². The SMILES string of the molecule is CCOC(=O)C1=C(COC(=O)c2nc3nccc(C)n3n2)NC(=O)N[C@@H]1CC. The monoisotopic (exact) mass is 388 g/mol. The number of carbonyl (C=O) groups excluding carboxylic acids is 3. The molecule has 11 heteroatoms. The molecule has 11 nitrogen and oxygen atoms in total. The first-order valence-electron chi connectivity index (χ1n) is 8.77. The lowest BCUT2D eigenvalue weighted by Gasteiger charge is -2.28. The topological polar surface area (TPSA) is 137 Å². The van der Waals surface area contributed by atoms with Crippen molar-refractivity contribution in [2.45, 2.75) is 33.2 Å². The Balaban J connectivity index is 1.82. The number of hydrogen-bond acceptors (Lipinski definition) is 8. The second kappa shape index (κ2) is 8.03. The number of fused-ring (bicyclic) bond motifs is 1. The molecule has 3 heterocycles. The molecular formula is C17H20N6O5. The van der Waals surface area contributed by atoms with Crippen LogP contribution in [-0.2, 0) is 14.3 Å². The van der Waals surface area contributed by atoms with Crippen molar-refractivity contribution in [3.8, 4) is 0 Å². The van der Waals surface area contributed by atoms with Crippen molar-refractivity contribution >= 4 is 23.7 Å². The standard InChI is InChI=1S/C17H20N6O5/c1-4-10-12(14(24)27-5-2)11(20-17(26)19-10)8-28-15(25)13-21-16-18-7-6-9(3)23(16)22-13/h6-7,10H,4-5,8H2,1-3H3,(H2,19,20,26)/t10-/m1/s1. The number of carbonyl (C=O) groups is 3. The molecule has 0 spiro atoms. The number of urea groups is 1. The average Bonchev–Trinajstić information content (AvgIpc) is 3.11. The van der Waals surface area contributed by atoms with Gasteiger partial charge in [-0.25, -0.2) is 23.9 Å². The number of hydrogen-bond donors (Lipinski definition) is 2. The normalized spacial score (nSPS) is 16.5. The molecule has 1 aliphatic rings. The molecule has 2 aromatic rings. The Kier molecular flexibility index (Phi) is 5.52. The van der Waals surface area contributed by atoms with Gasteiger partial charge in [-0.15, -0.1) is 5.10 Å². The van der Waals surface area contributed by atoms with E-state index in [1.165, 1.54) is 4.52 Å². The van der Waals surface area contributed by atoms with Crippen molar-refractivity contribution in [3.05, 3.63) is 35.1 Å². The summed E-state index contributed by atoms with van der Waals surface area (Å²) in [5.41, 5.74) is 1.14. The van der Waals surface area contributed by atoms with Gasteiger partial charge in [-0.1, -0.05) is 6.92 Å². The number of nitrogens with one attached hydrogen (secondary N) is 2. The summed E-state index contributed by atoms with van der Waals surface area (Å²) in [6, 6.07) is 0.696. The maximum Gasteiger partial charge on any atom is 0.378 e. The van der Waals surface area contributed by atoms with Gasteiger partial charge in [-0.3, -0.25) is 0 Å². The lowest BCUT2D eigenvalue weighted by Crippen LogP contribution is -2.51. The van der Waals surface area contributed by atoms with E-state index in [2.05, 4.69) is 25.7 Å². The van der Waals surface area contributed by atoms with Crippen LogP contribution >= 0.6 is 0 Å². The molecule has 0 saturated heterocycles. The van der Waals surface area contributed by atoms with Crippen LogP contribution in [0, 0.1) is 6.92 Å². The van der Waals surface area contributed by atoms with Crippen LogP contribution < -0.4 is 10.6 Å². The summed E-state index contributed by atoms with van der Waals surface area (Å²) in [4.78, 5) is 44.6. The molecule has 2 aromatic heterocycles. The maximum atomic E-state index is 12.3. The fourth-order valence-electron chi connectivity index (χ4n) is 2.77. The quantitative estimate of drug-likeness (QED) is 0.683. The van der Waals surface area contributed by atoms with E-state index >= 15 is 0 Å². The molecule has 2 amide bonds. The highest BCUT2D eigenvalue weighted by Crippen LogP contribution is 2.17. The van der Waals surface area contributed by atoms with Crippen LogP contribution in [0.2, 0.25) is 0 Å². The Morgan fingerprint density at radius 3 is 2.71 bits per heavy atom. The summed E-state index contributed by atoms with van der Waals surface area (Å²) in [5.74, 6) is -1.30. The van der Waals surface area contributed by atoms with Crippen LogP contribution in [0.3, 0.4) is 0 Å². The summed E-state index contributed by atoms with van der Waals surface area (Å²) in [6.45, 7) is 5.13. The number of esters is 2. The Morgan fingerprint density at radius 2 is 2.04 bits per heavy atom. The Labute approximate surface area is 160 Å². The van der Waals surface area contributed by atoms with E-state index < -0.39 is 24.0 Å². The largest absolute Gasteiger partial charge is 0.463 e. The van der Waals surface area contributed by atoms with E-state index in [1.54, 1.807) is 26.1 Å². The van der Waals surface area contributed by atoms with E-state index in [0.717, 1.165) is 5.69 Å². The number of aryl methyl sites for hydroxylation is 1. The van der Waals surface area contributed by atoms with Crippen LogP contribution in [0.5, 0.6) is 0 Å². The van der Waals surface area contributed by atoms with Crippen molar-refractivity contribution in [3.63, 3.8) is 0 Å². The van der Waals surface area contributed by atoms with Crippen LogP contribution in [0.15, 0.2) is 23.5 Å². The first-order chi connectivity index (χ1) is 13.4. The van der Waals surface area contributed by atoms with Crippen molar-refractivity contribution in [1.82, 2.24) is 30.2 Å². The third kappa shape index (κ3) is 3.77. The molecule has 0 bridgehead atoms. The molecule has 0 fully saturated rings. The van der Waals surface area contributed by atoms with E-state index in [-0.39, 0.29) is 36.1 Å². The van der Waals surface area contributed by atoms with E-state index in [9.17, 15) is 14.4 Å². The fraction of sp³-hybridized carbons (Fsp3) is 0.412. The molecule has 28 heavy (non-hydrogen) atoms. The third-order valence-corrected chi connectivity index (χ3v) is 4.11. The summed E-state index contributed by atoms with van der Waals surface area (Å²) in [6.07, 6.45) is 2.03. The zero-order valence-electron chi connectivity index (χ0n) is 15.7. The molecule has 1 aliphatic heterocycles. The van der Waals surface area contributed by atoms with E-state index in [4.69, 9.17) is 9.47 Å². The summed E-state index contributed by atoms with van der Waals surface area (Å²) in [7, 11) is 0. The summed E-state index contributed by atoms with van der Waals surface area (Å²) >= 11 is 0. The second-order valence-corrected chi connectivity index (χ2v) is 5.98. The molecule has 0 radical (unpaired) electrons. The first-order valence-corrected chi connectivity index (χ1v) is 8.77. The van der Waals surface area contributed by atoms with Gasteiger partial charge in [0.25, 0.3) is 11.6 Å². The lowest BCUT2D eigenvalue weighted by molar-refractivity contribution is -0.139.